The van der Waals surface area contributed by atoms with Crippen LogP contribution in [-0.2, 0) is 14.1 Å². The molecule has 0 spiro atoms. The number of benzene rings is 1. The molecule has 1 atom stereocenters. The summed E-state index contributed by atoms with van der Waals surface area (Å²) in [7, 11) is 3.45. The third-order valence-corrected chi connectivity index (χ3v) is 5.97. The van der Waals surface area contributed by atoms with E-state index in [0.29, 0.717) is 30.6 Å². The predicted octanol–water partition coefficient (Wildman–Crippen LogP) is 2.88. The van der Waals surface area contributed by atoms with E-state index in [9.17, 15) is 9.18 Å². The van der Waals surface area contributed by atoms with Gasteiger partial charge in [0.15, 0.2) is 11.3 Å². The van der Waals surface area contributed by atoms with Gasteiger partial charge >= 0.3 is 0 Å². The van der Waals surface area contributed by atoms with Crippen LogP contribution in [0, 0.1) is 12.7 Å². The van der Waals surface area contributed by atoms with E-state index in [1.165, 1.54) is 16.7 Å². The average Bonchev–Trinajstić information content (AvgIpc) is 3.41. The summed E-state index contributed by atoms with van der Waals surface area (Å²) in [6, 6.07) is 4.33. The molecule has 0 aliphatic carbocycles. The van der Waals surface area contributed by atoms with Crippen molar-refractivity contribution in [2.24, 2.45) is 14.1 Å². The molecule has 33 heavy (non-hydrogen) atoms. The van der Waals surface area contributed by atoms with Crippen LogP contribution in [0.2, 0.25) is 5.02 Å². The quantitative estimate of drug-likeness (QED) is 0.454. The lowest BCUT2D eigenvalue weighted by Crippen LogP contribution is -2.28. The molecule has 1 aromatic carbocycles. The summed E-state index contributed by atoms with van der Waals surface area (Å²) in [4.78, 5) is 28.6. The van der Waals surface area contributed by atoms with Gasteiger partial charge in [-0.05, 0) is 25.1 Å². The minimum absolute atomic E-state index is 0.0943. The van der Waals surface area contributed by atoms with Crippen LogP contribution in [0.4, 0.5) is 10.3 Å². The fourth-order valence-corrected chi connectivity index (χ4v) is 4.07. The highest BCUT2D eigenvalue weighted by Gasteiger charge is 2.28. The van der Waals surface area contributed by atoms with Gasteiger partial charge in [0.1, 0.15) is 29.0 Å². The molecule has 5 rings (SSSR count). The minimum Gasteiger partial charge on any atom is -0.485 e. The van der Waals surface area contributed by atoms with E-state index in [2.05, 4.69) is 20.1 Å². The van der Waals surface area contributed by atoms with Crippen LogP contribution in [0.5, 0.6) is 5.75 Å². The largest absolute Gasteiger partial charge is 0.485 e. The van der Waals surface area contributed by atoms with Crippen LogP contribution in [0.3, 0.4) is 0 Å². The summed E-state index contributed by atoms with van der Waals surface area (Å²) < 4.78 is 24.0. The Morgan fingerprint density at radius 1 is 1.18 bits per heavy atom. The Kier molecular flexibility index (Phi) is 5.24. The number of hydrogen-bond acceptors (Lipinski definition) is 7. The highest BCUT2D eigenvalue weighted by atomic mass is 35.5. The maximum absolute atomic E-state index is 14.9. The second-order valence-corrected chi connectivity index (χ2v) is 8.48. The first-order chi connectivity index (χ1) is 15.8. The molecule has 9 nitrogen and oxygen atoms in total. The van der Waals surface area contributed by atoms with Crippen molar-refractivity contribution >= 4 is 28.6 Å². The molecular weight excluding hydrogens is 449 g/mol. The zero-order valence-corrected chi connectivity index (χ0v) is 19.0. The summed E-state index contributed by atoms with van der Waals surface area (Å²) >= 11 is 5.94. The zero-order chi connectivity index (χ0) is 23.3. The van der Waals surface area contributed by atoms with Crippen LogP contribution in [0.15, 0.2) is 35.4 Å². The monoisotopic (exact) mass is 469 g/mol. The van der Waals surface area contributed by atoms with Crippen LogP contribution >= 0.6 is 11.6 Å². The summed E-state index contributed by atoms with van der Waals surface area (Å²) in [5.74, 6) is 0.937. The standard InChI is InChI=1S/C22H21ClFN7O2/c1-12-26-19-18(16-5-4-13(23)8-17(16)24)27-22(28-20(19)21(32)30(12)3)31-7-6-14(11-31)33-15-9-25-29(2)10-15/h4-5,8-10,14H,6-7,11H2,1-3H3/t14-/m1/s1. The van der Waals surface area contributed by atoms with Crippen molar-refractivity contribution in [3.05, 3.63) is 57.6 Å². The first kappa shape index (κ1) is 21.3. The molecule has 0 radical (unpaired) electrons. The van der Waals surface area contributed by atoms with Crippen molar-refractivity contribution in [1.29, 1.82) is 0 Å². The molecule has 170 valence electrons. The van der Waals surface area contributed by atoms with E-state index in [-0.39, 0.29) is 39.0 Å². The molecule has 1 saturated heterocycles. The lowest BCUT2D eigenvalue weighted by atomic mass is 10.1. The molecule has 0 N–H and O–H groups in total. The maximum Gasteiger partial charge on any atom is 0.279 e. The van der Waals surface area contributed by atoms with E-state index < -0.39 is 5.82 Å². The first-order valence-corrected chi connectivity index (χ1v) is 10.8. The second kappa shape index (κ2) is 8.11. The van der Waals surface area contributed by atoms with Crippen molar-refractivity contribution in [3.63, 3.8) is 0 Å². The van der Waals surface area contributed by atoms with Gasteiger partial charge in [0.2, 0.25) is 5.95 Å². The Balaban J connectivity index is 1.59. The topological polar surface area (TPSA) is 91.0 Å². The van der Waals surface area contributed by atoms with Gasteiger partial charge in [0.05, 0.1) is 18.9 Å². The molecule has 1 fully saturated rings. The van der Waals surface area contributed by atoms with Gasteiger partial charge in [-0.15, -0.1) is 0 Å². The van der Waals surface area contributed by atoms with E-state index >= 15 is 0 Å². The smallest absolute Gasteiger partial charge is 0.279 e. The van der Waals surface area contributed by atoms with Crippen LogP contribution < -0.4 is 15.2 Å². The number of hydrogen-bond donors (Lipinski definition) is 0. The van der Waals surface area contributed by atoms with Crippen molar-refractivity contribution < 1.29 is 9.13 Å². The fraction of sp³-hybridized carbons (Fsp3) is 0.318. The Bertz CT molecular complexity index is 1430. The second-order valence-electron chi connectivity index (χ2n) is 8.04. The average molecular weight is 470 g/mol. The number of aryl methyl sites for hydroxylation is 2. The number of aromatic nitrogens is 6. The first-order valence-electron chi connectivity index (χ1n) is 10.4. The van der Waals surface area contributed by atoms with E-state index in [0.717, 1.165) is 6.42 Å². The van der Waals surface area contributed by atoms with Crippen molar-refractivity contribution in [1.82, 2.24) is 29.3 Å². The Labute approximate surface area is 193 Å². The van der Waals surface area contributed by atoms with Crippen molar-refractivity contribution in [2.45, 2.75) is 19.4 Å². The van der Waals surface area contributed by atoms with Gasteiger partial charge < -0.3 is 9.64 Å². The highest BCUT2D eigenvalue weighted by molar-refractivity contribution is 6.30. The summed E-state index contributed by atoms with van der Waals surface area (Å²) in [5, 5.41) is 4.39. The van der Waals surface area contributed by atoms with Crippen molar-refractivity contribution in [2.75, 3.05) is 18.0 Å². The SMILES string of the molecule is Cc1nc2c(-c3ccc(Cl)cc3F)nc(N3CC[C@@H](Oc4cnn(C)c4)C3)nc2c(=O)n1C. The minimum atomic E-state index is -0.548. The highest BCUT2D eigenvalue weighted by Crippen LogP contribution is 2.31. The van der Waals surface area contributed by atoms with Gasteiger partial charge in [0.25, 0.3) is 5.56 Å². The summed E-state index contributed by atoms with van der Waals surface area (Å²) in [5.41, 5.74) is 0.522. The van der Waals surface area contributed by atoms with Gasteiger partial charge in [-0.25, -0.2) is 19.3 Å². The zero-order valence-electron chi connectivity index (χ0n) is 18.3. The molecule has 11 heteroatoms. The molecule has 1 aliphatic rings. The van der Waals surface area contributed by atoms with E-state index in [1.807, 2.05) is 11.9 Å². The molecule has 0 bridgehead atoms. The summed E-state index contributed by atoms with van der Waals surface area (Å²) in [6.45, 7) is 2.85. The third-order valence-electron chi connectivity index (χ3n) is 5.74. The van der Waals surface area contributed by atoms with E-state index in [1.54, 1.807) is 37.1 Å². The molecular formula is C22H21ClFN7O2. The maximum atomic E-state index is 14.9. The van der Waals surface area contributed by atoms with Gasteiger partial charge in [0, 0.05) is 37.6 Å². The number of nitrogens with zero attached hydrogens (tertiary/aromatic N) is 7. The molecule has 3 aromatic heterocycles. The lowest BCUT2D eigenvalue weighted by molar-refractivity contribution is 0.224. The van der Waals surface area contributed by atoms with E-state index in [4.69, 9.17) is 16.3 Å². The van der Waals surface area contributed by atoms with Gasteiger partial charge in [-0.1, -0.05) is 11.6 Å². The normalized spacial score (nSPS) is 16.0. The van der Waals surface area contributed by atoms with Gasteiger partial charge in [-0.2, -0.15) is 5.10 Å². The van der Waals surface area contributed by atoms with Crippen molar-refractivity contribution in [3.8, 4) is 17.0 Å². The van der Waals surface area contributed by atoms with Crippen LogP contribution in [0.1, 0.15) is 12.2 Å². The number of anilines is 1. The van der Waals surface area contributed by atoms with Gasteiger partial charge in [-0.3, -0.25) is 14.0 Å². The predicted molar refractivity (Wildman–Crippen MR) is 122 cm³/mol. The summed E-state index contributed by atoms with van der Waals surface area (Å²) in [6.07, 6.45) is 4.11. The fourth-order valence-electron chi connectivity index (χ4n) is 3.91. The third kappa shape index (κ3) is 3.91. The number of ether oxygens (including phenoxy) is 1. The molecule has 0 unspecified atom stereocenters. The Morgan fingerprint density at radius 3 is 2.73 bits per heavy atom. The molecule has 4 aromatic rings. The molecule has 1 aliphatic heterocycles. The van der Waals surface area contributed by atoms with Crippen LogP contribution in [0.25, 0.3) is 22.3 Å². The Hall–Kier alpha value is -3.53. The van der Waals surface area contributed by atoms with Crippen LogP contribution in [-0.4, -0.2) is 48.5 Å². The Morgan fingerprint density at radius 2 is 2.00 bits per heavy atom. The number of fused-ring (bicyclic) bond motifs is 1. The lowest BCUT2D eigenvalue weighted by Gasteiger charge is -2.19. The number of halogens is 2. The molecule has 0 amide bonds. The molecule has 4 heterocycles. The molecule has 0 saturated carbocycles. The number of rotatable bonds is 4.